The first-order chi connectivity index (χ1) is 6.93. The van der Waals surface area contributed by atoms with Crippen LogP contribution in [0.25, 0.3) is 0 Å². The average molecular weight is 307 g/mol. The molecule has 0 fully saturated rings. The van der Waals surface area contributed by atoms with Gasteiger partial charge in [-0.25, -0.2) is 0 Å². The van der Waals surface area contributed by atoms with Crippen molar-refractivity contribution in [2.45, 2.75) is 13.0 Å². The molecule has 0 spiro atoms. The highest BCUT2D eigenvalue weighted by Crippen LogP contribution is 2.23. The van der Waals surface area contributed by atoms with Gasteiger partial charge in [0.05, 0.1) is 19.7 Å². The molecule has 0 aliphatic carbocycles. The molecule has 1 amide bonds. The van der Waals surface area contributed by atoms with Crippen LogP contribution in [0.1, 0.15) is 16.6 Å². The molecule has 0 saturated heterocycles. The zero-order valence-electron chi connectivity index (χ0n) is 8.36. The molecule has 6 heteroatoms. The SMILES string of the molecule is CC(C(N)=S)N(C)C(=O)c1ccc(Br)s1. The second-order valence-corrected chi connectivity index (χ2v) is 6.03. The third-order valence-corrected chi connectivity index (χ3v) is 4.05. The van der Waals surface area contributed by atoms with Gasteiger partial charge in [0.25, 0.3) is 5.91 Å². The summed E-state index contributed by atoms with van der Waals surface area (Å²) in [6.45, 7) is 1.81. The Labute approximate surface area is 106 Å². The van der Waals surface area contributed by atoms with Gasteiger partial charge in [-0.05, 0) is 35.0 Å². The third-order valence-electron chi connectivity index (χ3n) is 2.10. The Kier molecular flexibility index (Phi) is 4.24. The van der Waals surface area contributed by atoms with Crippen LogP contribution in [0.3, 0.4) is 0 Å². The molecule has 1 heterocycles. The van der Waals surface area contributed by atoms with E-state index in [0.717, 1.165) is 3.79 Å². The first-order valence-corrected chi connectivity index (χ1v) is 6.27. The molecule has 1 atom stereocenters. The minimum Gasteiger partial charge on any atom is -0.392 e. The van der Waals surface area contributed by atoms with Gasteiger partial charge in [0, 0.05) is 7.05 Å². The summed E-state index contributed by atoms with van der Waals surface area (Å²) in [6.07, 6.45) is 0. The maximum atomic E-state index is 11.9. The Hall–Kier alpha value is -0.460. The molecular formula is C9H11BrN2OS2. The van der Waals surface area contributed by atoms with Crippen molar-refractivity contribution < 1.29 is 4.79 Å². The summed E-state index contributed by atoms with van der Waals surface area (Å²) in [7, 11) is 1.69. The Morgan fingerprint density at radius 1 is 1.67 bits per heavy atom. The largest absolute Gasteiger partial charge is 0.392 e. The second kappa shape index (κ2) is 5.05. The minimum absolute atomic E-state index is 0.0639. The van der Waals surface area contributed by atoms with Crippen molar-refractivity contribution in [3.05, 3.63) is 20.8 Å². The van der Waals surface area contributed by atoms with Crippen LogP contribution in [0.15, 0.2) is 15.9 Å². The monoisotopic (exact) mass is 306 g/mol. The number of carbonyl (C=O) groups is 1. The predicted molar refractivity (Wildman–Crippen MR) is 70.4 cm³/mol. The van der Waals surface area contributed by atoms with E-state index in [-0.39, 0.29) is 11.9 Å². The van der Waals surface area contributed by atoms with Gasteiger partial charge in [-0.3, -0.25) is 4.79 Å². The second-order valence-electron chi connectivity index (χ2n) is 3.10. The lowest BCUT2D eigenvalue weighted by Crippen LogP contribution is -2.42. The summed E-state index contributed by atoms with van der Waals surface area (Å²) in [5.41, 5.74) is 5.49. The molecule has 1 aromatic rings. The van der Waals surface area contributed by atoms with Gasteiger partial charge in [0.2, 0.25) is 0 Å². The highest BCUT2D eigenvalue weighted by molar-refractivity contribution is 9.11. The molecule has 1 rings (SSSR count). The van der Waals surface area contributed by atoms with E-state index in [0.29, 0.717) is 9.87 Å². The van der Waals surface area contributed by atoms with Crippen LogP contribution in [0, 0.1) is 0 Å². The first kappa shape index (κ1) is 12.6. The summed E-state index contributed by atoms with van der Waals surface area (Å²) in [5.74, 6) is -0.0639. The van der Waals surface area contributed by atoms with E-state index in [1.807, 2.05) is 13.0 Å². The van der Waals surface area contributed by atoms with Gasteiger partial charge in [0.1, 0.15) is 0 Å². The highest BCUT2D eigenvalue weighted by atomic mass is 79.9. The van der Waals surface area contributed by atoms with Crippen molar-refractivity contribution in [2.24, 2.45) is 5.73 Å². The lowest BCUT2D eigenvalue weighted by atomic mass is 10.3. The van der Waals surface area contributed by atoms with Crippen molar-refractivity contribution in [1.82, 2.24) is 4.90 Å². The summed E-state index contributed by atoms with van der Waals surface area (Å²) in [4.78, 5) is 14.4. The number of nitrogens with zero attached hydrogens (tertiary/aromatic N) is 1. The molecule has 0 aliphatic rings. The zero-order chi connectivity index (χ0) is 11.6. The quantitative estimate of drug-likeness (QED) is 0.871. The van der Waals surface area contributed by atoms with Gasteiger partial charge in [-0.1, -0.05) is 12.2 Å². The van der Waals surface area contributed by atoms with Crippen LogP contribution in [-0.2, 0) is 0 Å². The maximum Gasteiger partial charge on any atom is 0.264 e. The number of thiophene rings is 1. The number of likely N-dealkylation sites (N-methyl/N-ethyl adjacent to an activating group) is 1. The van der Waals surface area contributed by atoms with E-state index in [1.54, 1.807) is 18.0 Å². The fourth-order valence-electron chi connectivity index (χ4n) is 0.970. The molecule has 1 unspecified atom stereocenters. The van der Waals surface area contributed by atoms with E-state index >= 15 is 0 Å². The molecule has 2 N–H and O–H groups in total. The normalized spacial score (nSPS) is 12.2. The smallest absolute Gasteiger partial charge is 0.264 e. The molecule has 0 aliphatic heterocycles. The molecule has 0 bridgehead atoms. The number of hydrogen-bond acceptors (Lipinski definition) is 3. The fraction of sp³-hybridized carbons (Fsp3) is 0.333. The number of hydrogen-bond donors (Lipinski definition) is 1. The van der Waals surface area contributed by atoms with Crippen molar-refractivity contribution in [3.8, 4) is 0 Å². The van der Waals surface area contributed by atoms with Gasteiger partial charge in [0.15, 0.2) is 0 Å². The van der Waals surface area contributed by atoms with Crippen molar-refractivity contribution in [1.29, 1.82) is 0 Å². The lowest BCUT2D eigenvalue weighted by molar-refractivity contribution is 0.0784. The van der Waals surface area contributed by atoms with Crippen LogP contribution in [-0.4, -0.2) is 28.9 Å². The number of halogens is 1. The Bertz CT molecular complexity index is 391. The van der Waals surface area contributed by atoms with Gasteiger partial charge < -0.3 is 10.6 Å². The molecular weight excluding hydrogens is 296 g/mol. The Morgan fingerprint density at radius 3 is 2.67 bits per heavy atom. The summed E-state index contributed by atoms with van der Waals surface area (Å²) >= 11 is 9.55. The molecule has 82 valence electrons. The molecule has 0 aromatic carbocycles. The Balaban J connectivity index is 2.81. The van der Waals surface area contributed by atoms with E-state index in [4.69, 9.17) is 18.0 Å². The van der Waals surface area contributed by atoms with Crippen molar-refractivity contribution in [3.63, 3.8) is 0 Å². The maximum absolute atomic E-state index is 11.9. The lowest BCUT2D eigenvalue weighted by Gasteiger charge is -2.23. The van der Waals surface area contributed by atoms with Gasteiger partial charge >= 0.3 is 0 Å². The molecule has 15 heavy (non-hydrogen) atoms. The summed E-state index contributed by atoms with van der Waals surface area (Å²) < 4.78 is 0.933. The molecule has 0 saturated carbocycles. The van der Waals surface area contributed by atoms with Gasteiger partial charge in [-0.2, -0.15) is 0 Å². The van der Waals surface area contributed by atoms with Crippen molar-refractivity contribution in [2.75, 3.05) is 7.05 Å². The van der Waals surface area contributed by atoms with Crippen LogP contribution in [0.5, 0.6) is 0 Å². The molecule has 1 aromatic heterocycles. The highest BCUT2D eigenvalue weighted by Gasteiger charge is 2.20. The van der Waals surface area contributed by atoms with E-state index in [2.05, 4.69) is 15.9 Å². The van der Waals surface area contributed by atoms with Crippen LogP contribution in [0.2, 0.25) is 0 Å². The van der Waals surface area contributed by atoms with Gasteiger partial charge in [-0.15, -0.1) is 11.3 Å². The van der Waals surface area contributed by atoms with E-state index in [1.165, 1.54) is 11.3 Å². The third kappa shape index (κ3) is 2.99. The topological polar surface area (TPSA) is 46.3 Å². The predicted octanol–water partition coefficient (Wildman–Crippen LogP) is 2.26. The molecule has 3 nitrogen and oxygen atoms in total. The van der Waals surface area contributed by atoms with E-state index < -0.39 is 0 Å². The fourth-order valence-corrected chi connectivity index (χ4v) is 2.50. The summed E-state index contributed by atoms with van der Waals surface area (Å²) in [5, 5.41) is 0. The minimum atomic E-state index is -0.228. The zero-order valence-corrected chi connectivity index (χ0v) is 11.6. The van der Waals surface area contributed by atoms with Crippen molar-refractivity contribution >= 4 is 50.4 Å². The Morgan fingerprint density at radius 2 is 2.27 bits per heavy atom. The molecule has 0 radical (unpaired) electrons. The number of amides is 1. The number of thiocarbonyl (C=S) groups is 1. The van der Waals surface area contributed by atoms with Crippen LogP contribution >= 0.6 is 39.5 Å². The summed E-state index contributed by atoms with van der Waals surface area (Å²) in [6, 6.07) is 3.39. The number of rotatable bonds is 3. The number of nitrogens with two attached hydrogens (primary N) is 1. The van der Waals surface area contributed by atoms with Crippen LogP contribution < -0.4 is 5.73 Å². The average Bonchev–Trinajstić information content (AvgIpc) is 2.61. The van der Waals surface area contributed by atoms with Crippen LogP contribution in [0.4, 0.5) is 0 Å². The standard InChI is InChI=1S/C9H11BrN2OS2/c1-5(8(11)14)12(2)9(13)6-3-4-7(10)15-6/h3-5H,1-2H3,(H2,11,14). The first-order valence-electron chi connectivity index (χ1n) is 4.25. The number of carbonyl (C=O) groups excluding carboxylic acids is 1. The van der Waals surface area contributed by atoms with E-state index in [9.17, 15) is 4.79 Å².